The molecule has 0 bridgehead atoms. The fourth-order valence-electron chi connectivity index (χ4n) is 2.89. The number of rotatable bonds is 11. The molecule has 2 aromatic carbocycles. The number of halogens is 1. The molecule has 7 nitrogen and oxygen atoms in total. The van der Waals surface area contributed by atoms with E-state index in [0.717, 1.165) is 11.3 Å². The average Bonchev–Trinajstić information content (AvgIpc) is 2.65. The summed E-state index contributed by atoms with van der Waals surface area (Å²) in [6.07, 6.45) is 0.612. The maximum absolute atomic E-state index is 11.9. The van der Waals surface area contributed by atoms with Gasteiger partial charge in [0, 0.05) is 12.6 Å². The molecule has 2 aromatic rings. The smallest absolute Gasteiger partial charge is 0.241 e. The van der Waals surface area contributed by atoms with Crippen molar-refractivity contribution in [1.82, 2.24) is 5.32 Å². The molecule has 0 radical (unpaired) electrons. The summed E-state index contributed by atoms with van der Waals surface area (Å²) in [5.41, 5.74) is 0.823. The summed E-state index contributed by atoms with van der Waals surface area (Å²) in [7, 11) is -2.49. The lowest BCUT2D eigenvalue weighted by atomic mass is 10.1. The lowest BCUT2D eigenvalue weighted by molar-refractivity contribution is 0.272. The number of hydrogen-bond donors (Lipinski definition) is 2. The number of benzene rings is 2. The number of nitrogens with one attached hydrogen (secondary N) is 1. The number of hydrogen-bond acceptors (Lipinski definition) is 6. The Morgan fingerprint density at radius 1 is 1.17 bits per heavy atom. The Morgan fingerprint density at radius 3 is 2.41 bits per heavy atom. The normalized spacial score (nSPS) is 12.4. The summed E-state index contributed by atoms with van der Waals surface area (Å²) >= 11 is 3.35. The Hall–Kier alpha value is -1.81. The highest BCUT2D eigenvalue weighted by atomic mass is 79.9. The Bertz CT molecular complexity index is 921. The molecular formula is C20H27BrN2O5S. The van der Waals surface area contributed by atoms with Gasteiger partial charge in [0.1, 0.15) is 11.5 Å². The van der Waals surface area contributed by atoms with E-state index in [4.69, 9.17) is 19.3 Å². The van der Waals surface area contributed by atoms with Crippen molar-refractivity contribution in [2.24, 2.45) is 5.14 Å². The van der Waals surface area contributed by atoms with Gasteiger partial charge in [-0.3, -0.25) is 0 Å². The molecule has 160 valence electrons. The Labute approximate surface area is 180 Å². The van der Waals surface area contributed by atoms with Gasteiger partial charge < -0.3 is 19.5 Å². The molecular weight excluding hydrogens is 460 g/mol. The number of nitrogens with two attached hydrogens (primary N) is 1. The highest BCUT2D eigenvalue weighted by Crippen LogP contribution is 2.33. The third-order valence-corrected chi connectivity index (χ3v) is 5.63. The van der Waals surface area contributed by atoms with Crippen molar-refractivity contribution >= 4 is 26.0 Å². The second kappa shape index (κ2) is 10.8. The molecule has 2 rings (SSSR count). The minimum absolute atomic E-state index is 0.0348. The van der Waals surface area contributed by atoms with Gasteiger partial charge in [0.2, 0.25) is 10.0 Å². The number of para-hydroxylation sites is 2. The van der Waals surface area contributed by atoms with E-state index in [1.54, 1.807) is 6.07 Å². The van der Waals surface area contributed by atoms with Crippen molar-refractivity contribution < 1.29 is 22.6 Å². The highest BCUT2D eigenvalue weighted by Gasteiger charge is 2.19. The van der Waals surface area contributed by atoms with Crippen molar-refractivity contribution in [2.45, 2.75) is 31.2 Å². The molecule has 0 aliphatic carbocycles. The molecule has 0 aliphatic rings. The molecule has 0 heterocycles. The molecule has 0 amide bonds. The summed E-state index contributed by atoms with van der Waals surface area (Å²) in [5.74, 6) is 1.64. The summed E-state index contributed by atoms with van der Waals surface area (Å²) in [6, 6.07) is 11.0. The van der Waals surface area contributed by atoms with Crippen LogP contribution < -0.4 is 24.7 Å². The van der Waals surface area contributed by atoms with E-state index < -0.39 is 10.0 Å². The van der Waals surface area contributed by atoms with Crippen molar-refractivity contribution in [1.29, 1.82) is 0 Å². The lowest BCUT2D eigenvalue weighted by Gasteiger charge is -2.17. The van der Waals surface area contributed by atoms with Gasteiger partial charge in [0.15, 0.2) is 17.2 Å². The average molecular weight is 487 g/mol. The van der Waals surface area contributed by atoms with Gasteiger partial charge >= 0.3 is 0 Å². The molecule has 0 aliphatic heterocycles. The van der Waals surface area contributed by atoms with Crippen LogP contribution >= 0.6 is 15.9 Å². The Balaban J connectivity index is 1.93. The first-order valence-corrected chi connectivity index (χ1v) is 11.6. The third kappa shape index (κ3) is 6.88. The van der Waals surface area contributed by atoms with E-state index in [1.807, 2.05) is 44.2 Å². The number of ether oxygens (including phenoxy) is 3. The van der Waals surface area contributed by atoms with Crippen LogP contribution in [0.2, 0.25) is 0 Å². The van der Waals surface area contributed by atoms with Gasteiger partial charge in [0.05, 0.1) is 18.2 Å². The van der Waals surface area contributed by atoms with Gasteiger partial charge in [-0.1, -0.05) is 12.1 Å². The third-order valence-electron chi connectivity index (χ3n) is 4.12. The van der Waals surface area contributed by atoms with Crippen molar-refractivity contribution in [3.8, 4) is 17.2 Å². The van der Waals surface area contributed by atoms with Gasteiger partial charge in [-0.05, 0) is 66.0 Å². The van der Waals surface area contributed by atoms with Crippen LogP contribution in [0.3, 0.4) is 0 Å². The predicted octanol–water partition coefficient (Wildman–Crippen LogP) is 3.10. The van der Waals surface area contributed by atoms with Crippen molar-refractivity contribution in [3.63, 3.8) is 0 Å². The largest absolute Gasteiger partial charge is 0.494 e. The molecule has 0 aromatic heterocycles. The van der Waals surface area contributed by atoms with E-state index in [9.17, 15) is 8.42 Å². The zero-order valence-corrected chi connectivity index (χ0v) is 19.2. The summed E-state index contributed by atoms with van der Waals surface area (Å²) in [6.45, 7) is 5.62. The van der Waals surface area contributed by atoms with Crippen molar-refractivity contribution in [3.05, 3.63) is 46.4 Å². The second-order valence-electron chi connectivity index (χ2n) is 6.44. The molecule has 3 N–H and O–H groups in total. The van der Waals surface area contributed by atoms with Crippen LogP contribution in [0.15, 0.2) is 45.8 Å². The van der Waals surface area contributed by atoms with Gasteiger partial charge in [0.25, 0.3) is 0 Å². The van der Waals surface area contributed by atoms with Crippen LogP contribution in [-0.2, 0) is 16.4 Å². The fraction of sp³-hybridized carbons (Fsp3) is 0.400. The zero-order chi connectivity index (χ0) is 21.4. The van der Waals surface area contributed by atoms with E-state index in [1.165, 1.54) is 7.11 Å². The second-order valence-corrected chi connectivity index (χ2v) is 8.83. The van der Waals surface area contributed by atoms with Crippen LogP contribution in [0, 0.1) is 0 Å². The van der Waals surface area contributed by atoms with Gasteiger partial charge in [-0.15, -0.1) is 0 Å². The molecule has 0 unspecified atom stereocenters. The predicted molar refractivity (Wildman–Crippen MR) is 116 cm³/mol. The van der Waals surface area contributed by atoms with E-state index >= 15 is 0 Å². The van der Waals surface area contributed by atoms with Gasteiger partial charge in [-0.25, -0.2) is 13.6 Å². The van der Waals surface area contributed by atoms with Crippen LogP contribution in [0.5, 0.6) is 17.2 Å². The van der Waals surface area contributed by atoms with E-state index in [0.29, 0.717) is 36.4 Å². The van der Waals surface area contributed by atoms with Crippen molar-refractivity contribution in [2.75, 3.05) is 26.9 Å². The SMILES string of the molecule is CCOc1ccccc1OCCN[C@H](C)Cc1cc(Br)c(OC)c(S(N)(=O)=O)c1. The molecule has 0 fully saturated rings. The molecule has 0 saturated carbocycles. The molecule has 0 spiro atoms. The minimum Gasteiger partial charge on any atom is -0.494 e. The molecule has 1 atom stereocenters. The number of sulfonamides is 1. The monoisotopic (exact) mass is 486 g/mol. The minimum atomic E-state index is -3.89. The van der Waals surface area contributed by atoms with E-state index in [-0.39, 0.29) is 16.7 Å². The summed E-state index contributed by atoms with van der Waals surface area (Å²) in [4.78, 5) is -0.0348. The van der Waals surface area contributed by atoms with Crippen LogP contribution in [0.4, 0.5) is 0 Å². The summed E-state index contributed by atoms with van der Waals surface area (Å²) in [5, 5.41) is 8.68. The first kappa shape index (κ1) is 23.5. The standard InChI is InChI=1S/C20H27BrN2O5S/c1-4-27-17-7-5-6-8-18(17)28-10-9-23-14(2)11-15-12-16(21)20(26-3)19(13-15)29(22,24)25/h5-8,12-14,23H,4,9-11H2,1-3H3,(H2,22,24,25)/t14-/m1/s1. The number of methoxy groups -OCH3 is 1. The lowest BCUT2D eigenvalue weighted by Crippen LogP contribution is -2.32. The van der Waals surface area contributed by atoms with Crippen LogP contribution in [-0.4, -0.2) is 41.3 Å². The van der Waals surface area contributed by atoms with E-state index in [2.05, 4.69) is 21.2 Å². The fourth-order valence-corrected chi connectivity index (χ4v) is 4.45. The zero-order valence-electron chi connectivity index (χ0n) is 16.8. The molecule has 0 saturated heterocycles. The first-order chi connectivity index (χ1) is 13.8. The van der Waals surface area contributed by atoms with Gasteiger partial charge in [-0.2, -0.15) is 0 Å². The maximum atomic E-state index is 11.9. The Kier molecular flexibility index (Phi) is 8.76. The summed E-state index contributed by atoms with van der Waals surface area (Å²) < 4.78 is 40.8. The Morgan fingerprint density at radius 2 is 1.83 bits per heavy atom. The topological polar surface area (TPSA) is 99.9 Å². The number of primary sulfonamides is 1. The molecule has 9 heteroatoms. The van der Waals surface area contributed by atoms with Crippen LogP contribution in [0.25, 0.3) is 0 Å². The highest BCUT2D eigenvalue weighted by molar-refractivity contribution is 9.10. The quantitative estimate of drug-likeness (QED) is 0.473. The van der Waals surface area contributed by atoms with Crippen LogP contribution in [0.1, 0.15) is 19.4 Å². The first-order valence-electron chi connectivity index (χ1n) is 9.23. The maximum Gasteiger partial charge on any atom is 0.241 e. The molecule has 29 heavy (non-hydrogen) atoms.